The van der Waals surface area contributed by atoms with Gasteiger partial charge < -0.3 is 10.0 Å². The molecule has 1 N–H and O–H groups in total. The van der Waals surface area contributed by atoms with Gasteiger partial charge in [0.15, 0.2) is 0 Å². The number of nitrogens with zero attached hydrogens (tertiary/aromatic N) is 2. The van der Waals surface area contributed by atoms with Crippen molar-refractivity contribution in [3.63, 3.8) is 0 Å². The molecule has 0 amide bonds. The molecule has 1 aliphatic heterocycles. The quantitative estimate of drug-likeness (QED) is 0.746. The molecular weight excluding hydrogens is 336 g/mol. The monoisotopic (exact) mass is 360 g/mol. The number of anilines is 1. The second-order valence-electron chi connectivity index (χ2n) is 7.58. The Labute approximate surface area is 159 Å². The van der Waals surface area contributed by atoms with Crippen LogP contribution in [0.3, 0.4) is 0 Å². The highest BCUT2D eigenvalue weighted by Crippen LogP contribution is 2.36. The van der Waals surface area contributed by atoms with Crippen LogP contribution >= 0.6 is 0 Å². The summed E-state index contributed by atoms with van der Waals surface area (Å²) in [5.41, 5.74) is 2.44. The molecule has 1 fully saturated rings. The summed E-state index contributed by atoms with van der Waals surface area (Å²) < 4.78 is 0. The molecule has 27 heavy (non-hydrogen) atoms. The van der Waals surface area contributed by atoms with Gasteiger partial charge in [0.05, 0.1) is 10.9 Å². The Bertz CT molecular complexity index is 985. The summed E-state index contributed by atoms with van der Waals surface area (Å²) in [5.74, 6) is 0.153. The Hall–Kier alpha value is -2.88. The van der Waals surface area contributed by atoms with Crippen molar-refractivity contribution in [1.82, 2.24) is 4.98 Å². The number of carboxylic acids is 1. The fourth-order valence-electron chi connectivity index (χ4n) is 4.13. The van der Waals surface area contributed by atoms with Gasteiger partial charge >= 0.3 is 5.97 Å². The third-order valence-electron chi connectivity index (χ3n) is 5.73. The van der Waals surface area contributed by atoms with Crippen LogP contribution in [0.2, 0.25) is 0 Å². The Morgan fingerprint density at radius 2 is 1.89 bits per heavy atom. The number of rotatable bonds is 4. The van der Waals surface area contributed by atoms with Gasteiger partial charge in [-0.25, -0.2) is 4.98 Å². The van der Waals surface area contributed by atoms with Crippen molar-refractivity contribution in [2.45, 2.75) is 26.2 Å². The summed E-state index contributed by atoms with van der Waals surface area (Å²) >= 11 is 0. The van der Waals surface area contributed by atoms with Crippen LogP contribution in [0, 0.1) is 12.3 Å². The highest BCUT2D eigenvalue weighted by molar-refractivity contribution is 5.81. The van der Waals surface area contributed by atoms with Crippen LogP contribution < -0.4 is 4.90 Å². The summed E-state index contributed by atoms with van der Waals surface area (Å²) in [6.45, 7) is 3.38. The van der Waals surface area contributed by atoms with Crippen LogP contribution in [0.25, 0.3) is 10.9 Å². The second-order valence-corrected chi connectivity index (χ2v) is 7.58. The molecule has 138 valence electrons. The number of aliphatic carboxylic acids is 1. The first-order chi connectivity index (χ1) is 13.1. The lowest BCUT2D eigenvalue weighted by atomic mass is 9.74. The topological polar surface area (TPSA) is 53.4 Å². The van der Waals surface area contributed by atoms with E-state index in [1.807, 2.05) is 48.5 Å². The van der Waals surface area contributed by atoms with E-state index >= 15 is 0 Å². The molecule has 2 aromatic carbocycles. The number of fused-ring (bicyclic) bond motifs is 1. The van der Waals surface area contributed by atoms with Gasteiger partial charge in [-0.05, 0) is 55.5 Å². The number of aromatic nitrogens is 1. The lowest BCUT2D eigenvalue weighted by Gasteiger charge is -2.41. The highest BCUT2D eigenvalue weighted by atomic mass is 16.4. The standard InChI is InChI=1S/C23H24N2O2/c1-17-7-2-3-9-19(17)15-23(22(26)27)13-6-14-25(16-23)21-12-11-18-8-4-5-10-20(18)24-21/h2-5,7-12H,6,13-16H2,1H3,(H,26,27)/t23-/m1/s1. The number of aryl methyl sites for hydroxylation is 1. The van der Waals surface area contributed by atoms with Gasteiger partial charge in [-0.1, -0.05) is 42.5 Å². The van der Waals surface area contributed by atoms with Crippen LogP contribution in [-0.2, 0) is 11.2 Å². The third-order valence-corrected chi connectivity index (χ3v) is 5.73. The van der Waals surface area contributed by atoms with Crippen molar-refractivity contribution in [2.75, 3.05) is 18.0 Å². The Kier molecular flexibility index (Phi) is 4.56. The molecule has 1 saturated heterocycles. The zero-order valence-electron chi connectivity index (χ0n) is 15.6. The van der Waals surface area contributed by atoms with Crippen LogP contribution in [-0.4, -0.2) is 29.1 Å². The summed E-state index contributed by atoms with van der Waals surface area (Å²) in [6.07, 6.45) is 2.10. The lowest BCUT2D eigenvalue weighted by molar-refractivity contribution is -0.149. The number of pyridine rings is 1. The van der Waals surface area contributed by atoms with Crippen molar-refractivity contribution in [1.29, 1.82) is 0 Å². The van der Waals surface area contributed by atoms with Gasteiger partial charge in [-0.15, -0.1) is 0 Å². The molecular formula is C23H24N2O2. The fourth-order valence-corrected chi connectivity index (χ4v) is 4.13. The summed E-state index contributed by atoms with van der Waals surface area (Å²) in [5, 5.41) is 11.2. The molecule has 2 heterocycles. The zero-order valence-corrected chi connectivity index (χ0v) is 15.6. The number of benzene rings is 2. The predicted octanol–water partition coefficient (Wildman–Crippen LogP) is 4.46. The molecule has 4 heteroatoms. The molecule has 1 atom stereocenters. The minimum atomic E-state index is -0.780. The normalized spacial score (nSPS) is 20.0. The average Bonchev–Trinajstić information content (AvgIpc) is 2.69. The van der Waals surface area contributed by atoms with E-state index in [0.717, 1.165) is 40.8 Å². The number of hydrogen-bond acceptors (Lipinski definition) is 3. The Morgan fingerprint density at radius 1 is 1.11 bits per heavy atom. The average molecular weight is 360 g/mol. The fraction of sp³-hybridized carbons (Fsp3) is 0.304. The molecule has 0 radical (unpaired) electrons. The van der Waals surface area contributed by atoms with E-state index in [-0.39, 0.29) is 0 Å². The molecule has 1 aliphatic rings. The van der Waals surface area contributed by atoms with E-state index < -0.39 is 11.4 Å². The zero-order chi connectivity index (χ0) is 18.9. The first kappa shape index (κ1) is 17.5. The van der Waals surface area contributed by atoms with Crippen molar-refractivity contribution in [3.8, 4) is 0 Å². The van der Waals surface area contributed by atoms with E-state index in [9.17, 15) is 9.90 Å². The molecule has 1 aromatic heterocycles. The van der Waals surface area contributed by atoms with Crippen LogP contribution in [0.15, 0.2) is 60.7 Å². The lowest BCUT2D eigenvalue weighted by Crippen LogP contribution is -2.49. The van der Waals surface area contributed by atoms with Crippen molar-refractivity contribution in [2.24, 2.45) is 5.41 Å². The van der Waals surface area contributed by atoms with Crippen molar-refractivity contribution in [3.05, 3.63) is 71.8 Å². The molecule has 0 spiro atoms. The van der Waals surface area contributed by atoms with Crippen molar-refractivity contribution < 1.29 is 9.90 Å². The van der Waals surface area contributed by atoms with E-state index in [4.69, 9.17) is 4.98 Å². The summed E-state index contributed by atoms with van der Waals surface area (Å²) in [4.78, 5) is 19.3. The molecule has 0 unspecified atom stereocenters. The maximum atomic E-state index is 12.3. The van der Waals surface area contributed by atoms with Gasteiger partial charge in [-0.3, -0.25) is 4.79 Å². The number of hydrogen-bond donors (Lipinski definition) is 1. The minimum absolute atomic E-state index is 0.488. The largest absolute Gasteiger partial charge is 0.481 e. The Morgan fingerprint density at radius 3 is 2.70 bits per heavy atom. The van der Waals surface area contributed by atoms with Crippen LogP contribution in [0.4, 0.5) is 5.82 Å². The van der Waals surface area contributed by atoms with Gasteiger partial charge in [-0.2, -0.15) is 0 Å². The molecule has 4 nitrogen and oxygen atoms in total. The number of carbonyl (C=O) groups is 1. The molecule has 0 saturated carbocycles. The van der Waals surface area contributed by atoms with Crippen LogP contribution in [0.5, 0.6) is 0 Å². The number of piperidine rings is 1. The number of para-hydroxylation sites is 1. The van der Waals surface area contributed by atoms with E-state index in [1.54, 1.807) is 0 Å². The molecule has 4 rings (SSSR count). The molecule has 0 bridgehead atoms. The second kappa shape index (κ2) is 7.03. The third kappa shape index (κ3) is 3.39. The molecule has 0 aliphatic carbocycles. The highest BCUT2D eigenvalue weighted by Gasteiger charge is 2.43. The van der Waals surface area contributed by atoms with Crippen LogP contribution in [0.1, 0.15) is 24.0 Å². The van der Waals surface area contributed by atoms with E-state index in [1.165, 1.54) is 0 Å². The van der Waals surface area contributed by atoms with Gasteiger partial charge in [0, 0.05) is 18.5 Å². The summed E-state index contributed by atoms with van der Waals surface area (Å²) in [6, 6.07) is 20.2. The van der Waals surface area contributed by atoms with Gasteiger partial charge in [0.25, 0.3) is 0 Å². The van der Waals surface area contributed by atoms with E-state index in [0.29, 0.717) is 19.4 Å². The maximum Gasteiger partial charge on any atom is 0.311 e. The predicted molar refractivity (Wildman–Crippen MR) is 108 cm³/mol. The summed E-state index contributed by atoms with van der Waals surface area (Å²) in [7, 11) is 0. The number of carboxylic acid groups (broad SMARTS) is 1. The first-order valence-corrected chi connectivity index (χ1v) is 9.46. The van der Waals surface area contributed by atoms with Gasteiger partial charge in [0.1, 0.15) is 5.82 Å². The maximum absolute atomic E-state index is 12.3. The first-order valence-electron chi connectivity index (χ1n) is 9.46. The smallest absolute Gasteiger partial charge is 0.311 e. The molecule has 3 aromatic rings. The SMILES string of the molecule is Cc1ccccc1C[C@]1(C(=O)O)CCCN(c2ccc3ccccc3n2)C1. The Balaban J connectivity index is 1.65. The minimum Gasteiger partial charge on any atom is -0.481 e. The van der Waals surface area contributed by atoms with Crippen molar-refractivity contribution >= 4 is 22.7 Å². The van der Waals surface area contributed by atoms with E-state index in [2.05, 4.69) is 24.0 Å². The van der Waals surface area contributed by atoms with Gasteiger partial charge in [0.2, 0.25) is 0 Å².